The molecule has 0 aromatic heterocycles. The van der Waals surface area contributed by atoms with Crippen molar-refractivity contribution in [2.24, 2.45) is 11.7 Å². The second-order valence-electron chi connectivity index (χ2n) is 8.02. The molecule has 158 valence electrons. The van der Waals surface area contributed by atoms with Crippen LogP contribution in [0.1, 0.15) is 57.9 Å². The molecule has 0 aliphatic carbocycles. The van der Waals surface area contributed by atoms with Gasteiger partial charge in [0, 0.05) is 0 Å². The normalized spacial score (nSPS) is 15.6. The predicted molar refractivity (Wildman–Crippen MR) is 115 cm³/mol. The number of hydrogen-bond acceptors (Lipinski definition) is 4. The Bertz CT molecular complexity index is 562. The van der Waals surface area contributed by atoms with Crippen LogP contribution in [-0.4, -0.2) is 40.4 Å². The zero-order valence-electron chi connectivity index (χ0n) is 17.4. The molecule has 0 unspecified atom stereocenters. The number of benzene rings is 1. The van der Waals surface area contributed by atoms with Crippen molar-refractivity contribution in [3.63, 3.8) is 0 Å². The molecule has 5 N–H and O–H groups in total. The highest BCUT2D eigenvalue weighted by atomic mass is 16.3. The van der Waals surface area contributed by atoms with Crippen molar-refractivity contribution in [2.45, 2.75) is 83.1 Å². The van der Waals surface area contributed by atoms with Crippen LogP contribution in [0.3, 0.4) is 0 Å². The molecular weight excluding hydrogens is 352 g/mol. The molecular formula is C23H38N2O3. The van der Waals surface area contributed by atoms with Crippen LogP contribution in [0, 0.1) is 5.92 Å². The van der Waals surface area contributed by atoms with Gasteiger partial charge in [-0.15, -0.1) is 6.58 Å². The number of aryl methyl sites for hydroxylation is 1. The van der Waals surface area contributed by atoms with E-state index in [1.165, 1.54) is 5.56 Å². The molecule has 0 saturated heterocycles. The molecule has 0 aliphatic rings. The van der Waals surface area contributed by atoms with Crippen molar-refractivity contribution in [2.75, 3.05) is 0 Å². The van der Waals surface area contributed by atoms with Crippen molar-refractivity contribution in [3.8, 4) is 0 Å². The number of nitrogens with two attached hydrogens (primary N) is 1. The van der Waals surface area contributed by atoms with Gasteiger partial charge in [0.25, 0.3) is 0 Å². The first-order valence-electron chi connectivity index (χ1n) is 10.4. The van der Waals surface area contributed by atoms with Crippen molar-refractivity contribution in [1.29, 1.82) is 0 Å². The number of aliphatic hydroxyl groups is 2. The number of aliphatic hydroxyl groups excluding tert-OH is 2. The predicted octanol–water partition coefficient (Wildman–Crippen LogP) is 2.95. The number of nitrogens with one attached hydrogen (secondary N) is 1. The molecule has 0 spiro atoms. The molecule has 5 heteroatoms. The molecule has 1 aromatic carbocycles. The Kier molecular flexibility index (Phi) is 11.7. The highest BCUT2D eigenvalue weighted by molar-refractivity contribution is 5.82. The molecule has 4 atom stereocenters. The van der Waals surface area contributed by atoms with E-state index >= 15 is 0 Å². The summed E-state index contributed by atoms with van der Waals surface area (Å²) in [5.41, 5.74) is 7.16. The van der Waals surface area contributed by atoms with Gasteiger partial charge in [-0.05, 0) is 43.6 Å². The van der Waals surface area contributed by atoms with Crippen LogP contribution < -0.4 is 11.1 Å². The summed E-state index contributed by atoms with van der Waals surface area (Å²) < 4.78 is 0. The molecule has 1 rings (SSSR count). The Morgan fingerprint density at radius 3 is 2.46 bits per heavy atom. The second kappa shape index (κ2) is 13.5. The third kappa shape index (κ3) is 9.49. The lowest BCUT2D eigenvalue weighted by atomic mass is 9.93. The van der Waals surface area contributed by atoms with Gasteiger partial charge in [-0.25, -0.2) is 0 Å². The molecule has 1 aromatic rings. The standard InChI is InChI=1S/C23H38N2O3/c1-4-11-19(24)23(28)25-20(22(27)21(26)16-17(2)3)15-10-6-9-14-18-12-7-5-8-13-18/h4-5,7-8,12-13,17,19-22,26-27H,1,6,9-11,14-16,24H2,2-3H3,(H,25,28)/t19-,20-,21-,22+/m0/s1. The fourth-order valence-corrected chi connectivity index (χ4v) is 3.31. The van der Waals surface area contributed by atoms with E-state index in [2.05, 4.69) is 24.0 Å². The molecule has 0 bridgehead atoms. The molecule has 1 amide bonds. The molecule has 0 saturated carbocycles. The topological polar surface area (TPSA) is 95.6 Å². The summed E-state index contributed by atoms with van der Waals surface area (Å²) in [5, 5.41) is 23.8. The third-order valence-corrected chi connectivity index (χ3v) is 4.93. The summed E-state index contributed by atoms with van der Waals surface area (Å²) in [6, 6.07) is 9.14. The van der Waals surface area contributed by atoms with E-state index in [0.717, 1.165) is 25.7 Å². The van der Waals surface area contributed by atoms with E-state index in [0.29, 0.717) is 19.3 Å². The van der Waals surface area contributed by atoms with Gasteiger partial charge in [-0.1, -0.05) is 63.1 Å². The van der Waals surface area contributed by atoms with Gasteiger partial charge in [0.15, 0.2) is 0 Å². The fourth-order valence-electron chi connectivity index (χ4n) is 3.31. The SMILES string of the molecule is C=CC[C@H](N)C(=O)N[C@@H](CCCCCc1ccccc1)[C@@H](O)[C@@H](O)CC(C)C. The molecule has 0 radical (unpaired) electrons. The monoisotopic (exact) mass is 390 g/mol. The number of amides is 1. The van der Waals surface area contributed by atoms with Crippen LogP contribution in [-0.2, 0) is 11.2 Å². The van der Waals surface area contributed by atoms with Gasteiger partial charge in [-0.3, -0.25) is 4.79 Å². The van der Waals surface area contributed by atoms with Gasteiger partial charge < -0.3 is 21.3 Å². The van der Waals surface area contributed by atoms with Crippen LogP contribution in [0.15, 0.2) is 43.0 Å². The lowest BCUT2D eigenvalue weighted by Gasteiger charge is -2.29. The van der Waals surface area contributed by atoms with E-state index < -0.39 is 24.3 Å². The maximum Gasteiger partial charge on any atom is 0.237 e. The maximum absolute atomic E-state index is 12.3. The number of rotatable bonds is 14. The highest BCUT2D eigenvalue weighted by Crippen LogP contribution is 2.16. The molecule has 0 fully saturated rings. The number of unbranched alkanes of at least 4 members (excludes halogenated alkanes) is 2. The zero-order valence-corrected chi connectivity index (χ0v) is 17.4. The molecule has 28 heavy (non-hydrogen) atoms. The van der Waals surface area contributed by atoms with Gasteiger partial charge >= 0.3 is 0 Å². The Morgan fingerprint density at radius 2 is 1.86 bits per heavy atom. The van der Waals surface area contributed by atoms with E-state index in [4.69, 9.17) is 5.73 Å². The highest BCUT2D eigenvalue weighted by Gasteiger charge is 2.29. The summed E-state index contributed by atoms with van der Waals surface area (Å²) in [7, 11) is 0. The minimum atomic E-state index is -1.00. The first kappa shape index (κ1) is 24.3. The second-order valence-corrected chi connectivity index (χ2v) is 8.02. The van der Waals surface area contributed by atoms with Gasteiger partial charge in [0.2, 0.25) is 5.91 Å². The number of carbonyl (C=O) groups excluding carboxylic acids is 1. The zero-order chi connectivity index (χ0) is 20.9. The Morgan fingerprint density at radius 1 is 1.18 bits per heavy atom. The minimum Gasteiger partial charge on any atom is -0.390 e. The first-order chi connectivity index (χ1) is 13.3. The van der Waals surface area contributed by atoms with Crippen LogP contribution in [0.2, 0.25) is 0 Å². The smallest absolute Gasteiger partial charge is 0.237 e. The Hall–Kier alpha value is -1.69. The number of hydrogen-bond donors (Lipinski definition) is 4. The summed E-state index contributed by atoms with van der Waals surface area (Å²) in [5.74, 6) is -0.0557. The summed E-state index contributed by atoms with van der Waals surface area (Å²) in [6.07, 6.45) is 5.12. The lowest BCUT2D eigenvalue weighted by molar-refractivity contribution is -0.124. The number of carbonyl (C=O) groups is 1. The van der Waals surface area contributed by atoms with Crippen molar-refractivity contribution >= 4 is 5.91 Å². The van der Waals surface area contributed by atoms with Crippen LogP contribution in [0.4, 0.5) is 0 Å². The largest absolute Gasteiger partial charge is 0.390 e. The first-order valence-corrected chi connectivity index (χ1v) is 10.4. The fraction of sp³-hybridized carbons (Fsp3) is 0.609. The third-order valence-electron chi connectivity index (χ3n) is 4.93. The summed E-state index contributed by atoms with van der Waals surface area (Å²) >= 11 is 0. The van der Waals surface area contributed by atoms with E-state index in [-0.39, 0.29) is 11.8 Å². The molecule has 5 nitrogen and oxygen atoms in total. The van der Waals surface area contributed by atoms with Crippen LogP contribution >= 0.6 is 0 Å². The van der Waals surface area contributed by atoms with E-state index in [9.17, 15) is 15.0 Å². The van der Waals surface area contributed by atoms with Gasteiger partial charge in [0.1, 0.15) is 0 Å². The quantitative estimate of drug-likeness (QED) is 0.290. The van der Waals surface area contributed by atoms with Crippen molar-refractivity contribution in [1.82, 2.24) is 5.32 Å². The minimum absolute atomic E-state index is 0.259. The lowest BCUT2D eigenvalue weighted by Crippen LogP contribution is -2.52. The maximum atomic E-state index is 12.3. The van der Waals surface area contributed by atoms with E-state index in [1.807, 2.05) is 32.0 Å². The average molecular weight is 391 g/mol. The van der Waals surface area contributed by atoms with E-state index in [1.54, 1.807) is 6.08 Å². The summed E-state index contributed by atoms with van der Waals surface area (Å²) in [6.45, 7) is 7.59. The van der Waals surface area contributed by atoms with Gasteiger partial charge in [-0.2, -0.15) is 0 Å². The van der Waals surface area contributed by atoms with Crippen molar-refractivity contribution < 1.29 is 15.0 Å². The Labute approximate surface area is 170 Å². The van der Waals surface area contributed by atoms with Gasteiger partial charge in [0.05, 0.1) is 24.3 Å². The van der Waals surface area contributed by atoms with Crippen LogP contribution in [0.25, 0.3) is 0 Å². The summed E-state index contributed by atoms with van der Waals surface area (Å²) in [4.78, 5) is 12.3. The van der Waals surface area contributed by atoms with Crippen LogP contribution in [0.5, 0.6) is 0 Å². The molecule has 0 heterocycles. The van der Waals surface area contributed by atoms with Crippen molar-refractivity contribution in [3.05, 3.63) is 48.6 Å². The molecule has 0 aliphatic heterocycles. The average Bonchev–Trinajstić information content (AvgIpc) is 2.66. The Balaban J connectivity index is 2.55.